The van der Waals surface area contributed by atoms with Crippen molar-refractivity contribution in [3.63, 3.8) is 0 Å². The van der Waals surface area contributed by atoms with Crippen LogP contribution in [0.15, 0.2) is 30.5 Å². The molecule has 34 heavy (non-hydrogen) atoms. The van der Waals surface area contributed by atoms with Crippen LogP contribution in [-0.4, -0.2) is 69.7 Å². The van der Waals surface area contributed by atoms with Crippen LogP contribution in [-0.2, 0) is 4.79 Å². The molecule has 1 saturated carbocycles. The van der Waals surface area contributed by atoms with Gasteiger partial charge in [-0.2, -0.15) is 10.2 Å². The summed E-state index contributed by atoms with van der Waals surface area (Å²) in [6, 6.07) is 8.16. The minimum absolute atomic E-state index is 0.0527. The number of nitrogens with one attached hydrogen (secondary N) is 1. The van der Waals surface area contributed by atoms with Gasteiger partial charge in [-0.05, 0) is 43.0 Å². The van der Waals surface area contributed by atoms with E-state index >= 15 is 0 Å². The fourth-order valence-corrected chi connectivity index (χ4v) is 6.80. The number of anilines is 1. The molecule has 4 fully saturated rings. The van der Waals surface area contributed by atoms with E-state index in [1.165, 1.54) is 37.0 Å². The van der Waals surface area contributed by atoms with Crippen molar-refractivity contribution in [1.82, 2.24) is 15.2 Å². The van der Waals surface area contributed by atoms with Gasteiger partial charge >= 0.3 is 6.03 Å². The van der Waals surface area contributed by atoms with E-state index in [4.69, 9.17) is 12.2 Å². The van der Waals surface area contributed by atoms with Gasteiger partial charge in [-0.1, -0.05) is 31.5 Å². The Balaban J connectivity index is 1.32. The Labute approximate surface area is 203 Å². The summed E-state index contributed by atoms with van der Waals surface area (Å²) in [6.45, 7) is 2.61. The third kappa shape index (κ3) is 3.02. The van der Waals surface area contributed by atoms with Crippen LogP contribution in [0.2, 0.25) is 0 Å². The predicted octanol–water partition coefficient (Wildman–Crippen LogP) is 2.91. The van der Waals surface area contributed by atoms with E-state index in [1.807, 2.05) is 6.07 Å². The van der Waals surface area contributed by atoms with Gasteiger partial charge in [0.2, 0.25) is 0 Å². The number of aromatic nitrogens is 1. The van der Waals surface area contributed by atoms with Gasteiger partial charge in [0.1, 0.15) is 17.7 Å². The van der Waals surface area contributed by atoms with E-state index < -0.39 is 6.04 Å². The molecule has 8 nitrogen and oxygen atoms in total. The van der Waals surface area contributed by atoms with Gasteiger partial charge in [-0.25, -0.2) is 14.2 Å². The molecule has 3 amide bonds. The summed E-state index contributed by atoms with van der Waals surface area (Å²) in [7, 11) is 0. The predicted molar refractivity (Wildman–Crippen MR) is 131 cm³/mol. The fourth-order valence-electron chi connectivity index (χ4n) is 6.46. The summed E-state index contributed by atoms with van der Waals surface area (Å²) >= 11 is 5.84. The zero-order valence-electron chi connectivity index (χ0n) is 18.9. The maximum atomic E-state index is 14.1. The van der Waals surface area contributed by atoms with Gasteiger partial charge < -0.3 is 5.32 Å². The SMILES string of the molecule is N#Cc1ccc(N2C(=O)C3CN4CC(C(=S)NCC5CCCCC5)[N+]3(C4)C2=O)c2cccnc12. The lowest BCUT2D eigenvalue weighted by Gasteiger charge is -2.34. The number of fused-ring (bicyclic) bond motifs is 2. The van der Waals surface area contributed by atoms with Crippen LogP contribution in [0.5, 0.6) is 0 Å². The molecule has 0 radical (unpaired) electrons. The molecule has 4 heterocycles. The van der Waals surface area contributed by atoms with Crippen LogP contribution in [0.4, 0.5) is 10.5 Å². The second kappa shape index (κ2) is 8.08. The minimum atomic E-state index is -0.456. The Bertz CT molecular complexity index is 1250. The number of carbonyl (C=O) groups excluding carboxylic acids is 2. The smallest absolute Gasteiger partial charge is 0.374 e. The van der Waals surface area contributed by atoms with Gasteiger partial charge in [0, 0.05) is 18.1 Å². The largest absolute Gasteiger partial charge is 0.433 e. The lowest BCUT2D eigenvalue weighted by molar-refractivity contribution is -0.851. The zero-order chi connectivity index (χ0) is 23.4. The maximum Gasteiger partial charge on any atom is 0.433 e. The van der Waals surface area contributed by atoms with Crippen LogP contribution in [0.25, 0.3) is 10.9 Å². The quantitative estimate of drug-likeness (QED) is 0.413. The van der Waals surface area contributed by atoms with Crippen molar-refractivity contribution < 1.29 is 14.1 Å². The average Bonchev–Trinajstić information content (AvgIpc) is 3.51. The molecule has 4 unspecified atom stereocenters. The number of urea groups is 1. The van der Waals surface area contributed by atoms with Crippen molar-refractivity contribution in [3.8, 4) is 6.07 Å². The van der Waals surface area contributed by atoms with E-state index in [-0.39, 0.29) is 22.5 Å². The van der Waals surface area contributed by atoms with Crippen molar-refractivity contribution in [1.29, 1.82) is 5.26 Å². The van der Waals surface area contributed by atoms with Crippen molar-refractivity contribution >= 4 is 45.7 Å². The zero-order valence-corrected chi connectivity index (χ0v) is 19.8. The summed E-state index contributed by atoms with van der Waals surface area (Å²) in [5.41, 5.74) is 1.42. The molecule has 1 aliphatic carbocycles. The van der Waals surface area contributed by atoms with E-state index in [9.17, 15) is 14.9 Å². The first-order valence-corrected chi connectivity index (χ1v) is 12.5. The number of rotatable bonds is 4. The fraction of sp³-hybridized carbons (Fsp3) is 0.480. The van der Waals surface area contributed by atoms with E-state index in [2.05, 4.69) is 21.3 Å². The number of nitrogens with zero attached hydrogens (tertiary/aromatic N) is 5. The van der Waals surface area contributed by atoms with Gasteiger partial charge in [-0.15, -0.1) is 0 Å². The Morgan fingerprint density at radius 3 is 2.82 bits per heavy atom. The average molecular weight is 476 g/mol. The molecule has 3 aliphatic heterocycles. The van der Waals surface area contributed by atoms with E-state index in [1.54, 1.807) is 24.4 Å². The topological polar surface area (TPSA) is 89.3 Å². The van der Waals surface area contributed by atoms with Gasteiger partial charge in [0.15, 0.2) is 12.1 Å². The second-order valence-corrected chi connectivity index (χ2v) is 10.4. The first-order valence-electron chi connectivity index (χ1n) is 12.1. The summed E-state index contributed by atoms with van der Waals surface area (Å²) < 4.78 is 0.0527. The Morgan fingerprint density at radius 1 is 1.21 bits per heavy atom. The number of hydrogen-bond acceptors (Lipinski definition) is 6. The number of benzene rings is 1. The summed E-state index contributed by atoms with van der Waals surface area (Å²) in [5, 5.41) is 13.6. The molecule has 9 heteroatoms. The van der Waals surface area contributed by atoms with Crippen LogP contribution < -0.4 is 10.2 Å². The van der Waals surface area contributed by atoms with Crippen LogP contribution in [0, 0.1) is 17.2 Å². The number of piperazine rings is 1. The van der Waals surface area contributed by atoms with Gasteiger partial charge in [0.25, 0.3) is 5.91 Å². The second-order valence-electron chi connectivity index (χ2n) is 9.99. The number of pyridine rings is 1. The monoisotopic (exact) mass is 475 g/mol. The number of quaternary nitrogens is 1. The lowest BCUT2D eigenvalue weighted by Crippen LogP contribution is -2.64. The molecule has 174 valence electrons. The molecule has 2 bridgehead atoms. The number of amides is 3. The first kappa shape index (κ1) is 21.6. The van der Waals surface area contributed by atoms with Crippen LogP contribution >= 0.6 is 12.2 Å². The van der Waals surface area contributed by atoms with Crippen LogP contribution in [0.1, 0.15) is 37.7 Å². The van der Waals surface area contributed by atoms with Crippen molar-refractivity contribution in [2.24, 2.45) is 5.92 Å². The summed E-state index contributed by atoms with van der Waals surface area (Å²) in [4.78, 5) is 36.3. The Hall–Kier alpha value is -2.93. The number of imide groups is 1. The van der Waals surface area contributed by atoms with Crippen molar-refractivity contribution in [2.75, 3.05) is 31.2 Å². The molecule has 1 N–H and O–H groups in total. The molecule has 6 rings (SSSR count). The van der Waals surface area contributed by atoms with Gasteiger partial charge in [-0.3, -0.25) is 9.78 Å². The summed E-state index contributed by atoms with van der Waals surface area (Å²) in [6.07, 6.45) is 7.92. The van der Waals surface area contributed by atoms with Crippen molar-refractivity contribution in [2.45, 2.75) is 44.2 Å². The normalized spacial score (nSPS) is 30.6. The highest BCUT2D eigenvalue weighted by Crippen LogP contribution is 2.45. The van der Waals surface area contributed by atoms with E-state index in [0.717, 1.165) is 6.54 Å². The molecule has 3 saturated heterocycles. The molecule has 4 aliphatic rings. The third-order valence-corrected chi connectivity index (χ3v) is 8.58. The molecule has 1 spiro atoms. The molecule has 1 aromatic carbocycles. The maximum absolute atomic E-state index is 14.1. The standard InChI is InChI=1S/C25H26N6O2S/c26-11-17-8-9-19(18-7-4-10-27-22(17)18)30-24(32)21-14-29-13-20(31(21,15-29)25(30)33)23(34)28-12-16-5-2-1-3-6-16/h4,7-10,16,20-21H,1-3,5-6,12-15H2/p+1. The molecule has 2 aromatic rings. The molecule has 4 atom stereocenters. The van der Waals surface area contributed by atoms with Gasteiger partial charge in [0.05, 0.1) is 29.9 Å². The summed E-state index contributed by atoms with van der Waals surface area (Å²) in [5.74, 6) is 0.434. The number of thiocarbonyl (C=S) groups is 1. The Kier molecular flexibility index (Phi) is 5.13. The van der Waals surface area contributed by atoms with Crippen molar-refractivity contribution in [3.05, 3.63) is 36.0 Å². The number of nitriles is 1. The Morgan fingerprint density at radius 2 is 2.03 bits per heavy atom. The number of carbonyl (C=O) groups is 2. The van der Waals surface area contributed by atoms with Crippen LogP contribution in [0.3, 0.4) is 0 Å². The third-order valence-electron chi connectivity index (χ3n) is 8.16. The highest BCUT2D eigenvalue weighted by atomic mass is 32.1. The highest BCUT2D eigenvalue weighted by Gasteiger charge is 2.73. The molecular weight excluding hydrogens is 448 g/mol. The molecule has 1 aromatic heterocycles. The minimum Gasteiger partial charge on any atom is -0.374 e. The molecular formula is C25H27N6O2S+. The highest BCUT2D eigenvalue weighted by molar-refractivity contribution is 7.80. The lowest BCUT2D eigenvalue weighted by atomic mass is 9.89. The van der Waals surface area contributed by atoms with E-state index in [0.29, 0.717) is 52.8 Å². The first-order chi connectivity index (χ1) is 16.5. The number of hydrogen-bond donors (Lipinski definition) is 1.